The minimum Gasteiger partial charge on any atom is -0.465 e. The Morgan fingerprint density at radius 3 is 2.78 bits per heavy atom. The lowest BCUT2D eigenvalue weighted by atomic mass is 10.1. The Hall–Kier alpha value is -2.61. The lowest BCUT2D eigenvalue weighted by molar-refractivity contribution is 0.0598. The number of halogens is 1. The maximum absolute atomic E-state index is 14.4. The molecule has 2 aromatic rings. The van der Waals surface area contributed by atoms with E-state index in [1.165, 1.54) is 12.3 Å². The van der Waals surface area contributed by atoms with E-state index in [0.717, 1.165) is 7.11 Å². The van der Waals surface area contributed by atoms with Gasteiger partial charge >= 0.3 is 5.97 Å². The van der Waals surface area contributed by atoms with Crippen LogP contribution in [-0.4, -0.2) is 35.9 Å². The van der Waals surface area contributed by atoms with Crippen molar-refractivity contribution in [2.45, 2.75) is 13.5 Å². The van der Waals surface area contributed by atoms with E-state index >= 15 is 0 Å². The molecule has 2 rings (SSSR count). The predicted octanol–water partition coefficient (Wildman–Crippen LogP) is 0.933. The molecule has 0 unspecified atom stereocenters. The Bertz CT molecular complexity index is 817. The highest BCUT2D eigenvalue weighted by Crippen LogP contribution is 2.28. The number of nitrogens with two attached hydrogens (primary N) is 1. The van der Waals surface area contributed by atoms with E-state index in [9.17, 15) is 14.0 Å². The van der Waals surface area contributed by atoms with Crippen molar-refractivity contribution in [1.82, 2.24) is 4.57 Å². The van der Waals surface area contributed by atoms with E-state index in [2.05, 4.69) is 10.1 Å². The van der Waals surface area contributed by atoms with Gasteiger partial charge in [0, 0.05) is 19.3 Å². The van der Waals surface area contributed by atoms with E-state index in [1.807, 2.05) is 6.92 Å². The van der Waals surface area contributed by atoms with E-state index < -0.39 is 17.2 Å². The zero-order chi connectivity index (χ0) is 17.1. The smallest absolute Gasteiger partial charge is 0.343 e. The summed E-state index contributed by atoms with van der Waals surface area (Å²) in [5.74, 6) is -1.60. The van der Waals surface area contributed by atoms with Crippen molar-refractivity contribution in [2.24, 2.45) is 0 Å². The Kier molecular flexibility index (Phi) is 4.85. The minimum absolute atomic E-state index is 0.0678. The molecule has 124 valence electrons. The van der Waals surface area contributed by atoms with Gasteiger partial charge in [-0.25, -0.2) is 9.18 Å². The largest absolute Gasteiger partial charge is 0.465 e. The summed E-state index contributed by atoms with van der Waals surface area (Å²) in [5, 5.41) is 11.5. The number of nitrogen functional groups attached to an aromatic ring is 1. The molecule has 0 bridgehead atoms. The third-order valence-corrected chi connectivity index (χ3v) is 3.52. The summed E-state index contributed by atoms with van der Waals surface area (Å²) < 4.78 is 20.6. The fourth-order valence-corrected chi connectivity index (χ4v) is 2.39. The molecule has 23 heavy (non-hydrogen) atoms. The quantitative estimate of drug-likeness (QED) is 0.558. The van der Waals surface area contributed by atoms with Gasteiger partial charge in [-0.1, -0.05) is 0 Å². The van der Waals surface area contributed by atoms with Crippen molar-refractivity contribution < 1.29 is 19.0 Å². The SMILES string of the molecule is CCn1cc(C(=O)OC)c(=O)c2c(N)c(F)c(NCCO)cc21. The number of aryl methyl sites for hydroxylation is 1. The number of nitrogens with one attached hydrogen (secondary N) is 1. The number of fused-ring (bicyclic) bond motifs is 1. The van der Waals surface area contributed by atoms with Gasteiger partial charge in [-0.2, -0.15) is 0 Å². The normalized spacial score (nSPS) is 10.8. The van der Waals surface area contributed by atoms with Crippen LogP contribution in [0.2, 0.25) is 0 Å². The van der Waals surface area contributed by atoms with Crippen molar-refractivity contribution >= 4 is 28.2 Å². The molecule has 0 spiro atoms. The number of hydrogen-bond donors (Lipinski definition) is 3. The zero-order valence-corrected chi connectivity index (χ0v) is 12.9. The molecular formula is C15H18FN3O4. The fraction of sp³-hybridized carbons (Fsp3) is 0.333. The topological polar surface area (TPSA) is 107 Å². The second-order valence-electron chi connectivity index (χ2n) is 4.85. The Balaban J connectivity index is 2.85. The second kappa shape index (κ2) is 6.66. The Morgan fingerprint density at radius 2 is 2.22 bits per heavy atom. The van der Waals surface area contributed by atoms with Crippen molar-refractivity contribution in [3.8, 4) is 0 Å². The van der Waals surface area contributed by atoms with Crippen LogP contribution >= 0.6 is 0 Å². The van der Waals surface area contributed by atoms with Crippen LogP contribution in [-0.2, 0) is 11.3 Å². The number of rotatable bonds is 5. The molecule has 0 fully saturated rings. The summed E-state index contributed by atoms with van der Waals surface area (Å²) in [5.41, 5.74) is 5.03. The van der Waals surface area contributed by atoms with Crippen LogP contribution in [0.4, 0.5) is 15.8 Å². The maximum Gasteiger partial charge on any atom is 0.343 e. The van der Waals surface area contributed by atoms with E-state index in [-0.39, 0.29) is 35.5 Å². The number of hydrogen-bond acceptors (Lipinski definition) is 6. The first-order valence-corrected chi connectivity index (χ1v) is 7.04. The third-order valence-electron chi connectivity index (χ3n) is 3.52. The number of pyridine rings is 1. The fourth-order valence-electron chi connectivity index (χ4n) is 2.39. The second-order valence-corrected chi connectivity index (χ2v) is 4.85. The van der Waals surface area contributed by atoms with Crippen molar-refractivity contribution in [3.05, 3.63) is 33.9 Å². The Labute approximate surface area is 131 Å². The molecule has 0 aliphatic heterocycles. The zero-order valence-electron chi connectivity index (χ0n) is 12.9. The highest BCUT2D eigenvalue weighted by Gasteiger charge is 2.21. The third kappa shape index (κ3) is 2.85. The number of aliphatic hydroxyl groups excluding tert-OH is 1. The first kappa shape index (κ1) is 16.8. The first-order chi connectivity index (χ1) is 11.0. The molecule has 1 aromatic carbocycles. The van der Waals surface area contributed by atoms with Gasteiger partial charge in [-0.15, -0.1) is 0 Å². The average molecular weight is 323 g/mol. The molecule has 4 N–H and O–H groups in total. The van der Waals surface area contributed by atoms with Gasteiger partial charge in [-0.3, -0.25) is 4.79 Å². The molecule has 1 heterocycles. The molecule has 0 aliphatic rings. The van der Waals surface area contributed by atoms with Gasteiger partial charge in [0.25, 0.3) is 0 Å². The summed E-state index contributed by atoms with van der Waals surface area (Å²) >= 11 is 0. The molecule has 0 saturated carbocycles. The van der Waals surface area contributed by atoms with Crippen molar-refractivity contribution in [3.63, 3.8) is 0 Å². The van der Waals surface area contributed by atoms with E-state index in [1.54, 1.807) is 4.57 Å². The summed E-state index contributed by atoms with van der Waals surface area (Å²) in [7, 11) is 1.16. The van der Waals surface area contributed by atoms with Gasteiger partial charge in [0.2, 0.25) is 5.43 Å². The van der Waals surface area contributed by atoms with E-state index in [0.29, 0.717) is 12.1 Å². The molecule has 8 heteroatoms. The highest BCUT2D eigenvalue weighted by atomic mass is 19.1. The molecule has 0 radical (unpaired) electrons. The number of anilines is 2. The standard InChI is InChI=1S/C15H18FN3O4/c1-3-19-7-8(15(22)23-2)14(21)11-10(19)6-9(18-4-5-20)12(16)13(11)17/h6-7,18,20H,3-5,17H2,1-2H3. The number of esters is 1. The predicted molar refractivity (Wildman–Crippen MR) is 85.2 cm³/mol. The van der Waals surface area contributed by atoms with Crippen LogP contribution in [0.15, 0.2) is 17.1 Å². The summed E-state index contributed by atoms with van der Waals surface area (Å²) in [6.07, 6.45) is 1.36. The van der Waals surface area contributed by atoms with Crippen LogP contribution in [0.5, 0.6) is 0 Å². The van der Waals surface area contributed by atoms with Crippen LogP contribution in [0, 0.1) is 5.82 Å². The lowest BCUT2D eigenvalue weighted by Crippen LogP contribution is -2.21. The highest BCUT2D eigenvalue weighted by molar-refractivity contribution is 5.99. The number of methoxy groups -OCH3 is 1. The lowest BCUT2D eigenvalue weighted by Gasteiger charge is -2.15. The molecule has 0 amide bonds. The van der Waals surface area contributed by atoms with Crippen molar-refractivity contribution in [1.29, 1.82) is 0 Å². The molecule has 0 atom stereocenters. The molecular weight excluding hydrogens is 305 g/mol. The number of carbonyl (C=O) groups excluding carboxylic acids is 1. The van der Waals surface area contributed by atoms with Crippen LogP contribution in [0.1, 0.15) is 17.3 Å². The minimum atomic E-state index is -0.804. The molecule has 0 aliphatic carbocycles. The monoisotopic (exact) mass is 323 g/mol. The number of carbonyl (C=O) groups is 1. The van der Waals surface area contributed by atoms with Gasteiger partial charge in [-0.05, 0) is 13.0 Å². The summed E-state index contributed by atoms with van der Waals surface area (Å²) in [4.78, 5) is 24.2. The van der Waals surface area contributed by atoms with Gasteiger partial charge < -0.3 is 25.5 Å². The average Bonchev–Trinajstić information content (AvgIpc) is 2.56. The van der Waals surface area contributed by atoms with Crippen LogP contribution in [0.3, 0.4) is 0 Å². The van der Waals surface area contributed by atoms with Crippen LogP contribution < -0.4 is 16.5 Å². The van der Waals surface area contributed by atoms with Gasteiger partial charge in [0.05, 0.1) is 36.0 Å². The maximum atomic E-state index is 14.4. The van der Waals surface area contributed by atoms with Gasteiger partial charge in [0.1, 0.15) is 5.56 Å². The molecule has 7 nitrogen and oxygen atoms in total. The molecule has 1 aromatic heterocycles. The number of benzene rings is 1. The number of aliphatic hydroxyl groups is 1. The first-order valence-electron chi connectivity index (χ1n) is 7.04. The van der Waals surface area contributed by atoms with Gasteiger partial charge in [0.15, 0.2) is 5.82 Å². The summed E-state index contributed by atoms with van der Waals surface area (Å²) in [6.45, 7) is 2.20. The number of nitrogens with zero attached hydrogens (tertiary/aromatic N) is 1. The Morgan fingerprint density at radius 1 is 1.52 bits per heavy atom. The number of aromatic nitrogens is 1. The van der Waals surface area contributed by atoms with Crippen molar-refractivity contribution in [2.75, 3.05) is 31.3 Å². The van der Waals surface area contributed by atoms with Crippen LogP contribution in [0.25, 0.3) is 10.9 Å². The summed E-state index contributed by atoms with van der Waals surface area (Å²) in [6, 6.07) is 1.43. The molecule has 0 saturated heterocycles. The number of ether oxygens (including phenoxy) is 1. The van der Waals surface area contributed by atoms with E-state index in [4.69, 9.17) is 10.8 Å².